The first kappa shape index (κ1) is 20.1. The van der Waals surface area contributed by atoms with Gasteiger partial charge in [0, 0.05) is 35.2 Å². The molecule has 1 aromatic heterocycles. The standard InChI is InChI=1S/C19H18BrN3O4S/c1-3-27-16-9-6-14(20)12-17(16)28(25,26)22-15-7-4-13(5-8-15)18(24)19-21-10-11-23(19)2/h4-12,22H,3H2,1-2H3. The summed E-state index contributed by atoms with van der Waals surface area (Å²) in [5.74, 6) is 0.330. The summed E-state index contributed by atoms with van der Waals surface area (Å²) in [5, 5.41) is 0. The maximum Gasteiger partial charge on any atom is 0.265 e. The number of nitrogens with one attached hydrogen (secondary N) is 1. The van der Waals surface area contributed by atoms with Crippen molar-refractivity contribution in [2.75, 3.05) is 11.3 Å². The van der Waals surface area contributed by atoms with Gasteiger partial charge >= 0.3 is 0 Å². The second kappa shape index (κ2) is 8.15. The van der Waals surface area contributed by atoms with E-state index in [1.807, 2.05) is 0 Å². The zero-order valence-corrected chi connectivity index (χ0v) is 17.6. The average molecular weight is 464 g/mol. The molecule has 0 aliphatic heterocycles. The van der Waals surface area contributed by atoms with Crippen LogP contribution in [0.15, 0.2) is 64.2 Å². The van der Waals surface area contributed by atoms with E-state index in [-0.39, 0.29) is 16.4 Å². The summed E-state index contributed by atoms with van der Waals surface area (Å²) in [5.41, 5.74) is 0.744. The molecular formula is C19H18BrN3O4S. The molecular weight excluding hydrogens is 446 g/mol. The lowest BCUT2D eigenvalue weighted by molar-refractivity contribution is 0.102. The Morgan fingerprint density at radius 3 is 2.54 bits per heavy atom. The molecule has 7 nitrogen and oxygen atoms in total. The molecule has 0 aliphatic rings. The number of ether oxygens (including phenoxy) is 1. The van der Waals surface area contributed by atoms with Crippen molar-refractivity contribution >= 4 is 37.4 Å². The van der Waals surface area contributed by atoms with Gasteiger partial charge in [-0.25, -0.2) is 13.4 Å². The van der Waals surface area contributed by atoms with E-state index in [1.54, 1.807) is 55.2 Å². The minimum Gasteiger partial charge on any atom is -0.492 e. The first-order chi connectivity index (χ1) is 13.3. The van der Waals surface area contributed by atoms with Gasteiger partial charge in [0.15, 0.2) is 5.82 Å². The number of rotatable bonds is 7. The van der Waals surface area contributed by atoms with Crippen molar-refractivity contribution in [3.63, 3.8) is 0 Å². The van der Waals surface area contributed by atoms with Crippen molar-refractivity contribution in [3.8, 4) is 5.75 Å². The number of carbonyl (C=O) groups is 1. The minimum absolute atomic E-state index is 0.0249. The number of hydrogen-bond acceptors (Lipinski definition) is 5. The third kappa shape index (κ3) is 4.26. The molecule has 0 spiro atoms. The molecule has 0 atom stereocenters. The van der Waals surface area contributed by atoms with Gasteiger partial charge in [-0.2, -0.15) is 0 Å². The highest BCUT2D eigenvalue weighted by molar-refractivity contribution is 9.10. The van der Waals surface area contributed by atoms with E-state index in [1.165, 1.54) is 18.2 Å². The number of ketones is 1. The van der Waals surface area contributed by atoms with Crippen LogP contribution < -0.4 is 9.46 Å². The van der Waals surface area contributed by atoms with Crippen LogP contribution in [-0.4, -0.2) is 30.4 Å². The number of carbonyl (C=O) groups excluding carboxylic acids is 1. The lowest BCUT2D eigenvalue weighted by atomic mass is 10.1. The zero-order valence-electron chi connectivity index (χ0n) is 15.2. The molecule has 28 heavy (non-hydrogen) atoms. The fourth-order valence-electron chi connectivity index (χ4n) is 2.58. The second-order valence-corrected chi connectivity index (χ2v) is 8.46. The summed E-state index contributed by atoms with van der Waals surface area (Å²) in [6.07, 6.45) is 3.23. The van der Waals surface area contributed by atoms with Crippen LogP contribution in [0, 0.1) is 0 Å². The molecule has 0 aliphatic carbocycles. The maximum atomic E-state index is 12.8. The summed E-state index contributed by atoms with van der Waals surface area (Å²) in [4.78, 5) is 16.5. The summed E-state index contributed by atoms with van der Waals surface area (Å²) in [7, 11) is -2.15. The minimum atomic E-state index is -3.88. The Bertz CT molecular complexity index is 1110. The Morgan fingerprint density at radius 2 is 1.93 bits per heavy atom. The molecule has 2 aromatic carbocycles. The van der Waals surface area contributed by atoms with Gasteiger partial charge in [-0.3, -0.25) is 9.52 Å². The lowest BCUT2D eigenvalue weighted by Gasteiger charge is -2.13. The van der Waals surface area contributed by atoms with Gasteiger partial charge in [-0.05, 0) is 49.4 Å². The second-order valence-electron chi connectivity index (χ2n) is 5.90. The van der Waals surface area contributed by atoms with Gasteiger partial charge in [0.2, 0.25) is 5.78 Å². The van der Waals surface area contributed by atoms with E-state index in [4.69, 9.17) is 4.74 Å². The highest BCUT2D eigenvalue weighted by Gasteiger charge is 2.21. The summed E-state index contributed by atoms with van der Waals surface area (Å²) in [6.45, 7) is 2.12. The number of aryl methyl sites for hydroxylation is 1. The number of aromatic nitrogens is 2. The SMILES string of the molecule is CCOc1ccc(Br)cc1S(=O)(=O)Nc1ccc(C(=O)c2nccn2C)cc1. The van der Waals surface area contributed by atoms with Gasteiger partial charge in [0.25, 0.3) is 10.0 Å². The van der Waals surface area contributed by atoms with Gasteiger partial charge in [-0.15, -0.1) is 0 Å². The summed E-state index contributed by atoms with van der Waals surface area (Å²) in [6, 6.07) is 11.0. The van der Waals surface area contributed by atoms with E-state index < -0.39 is 10.0 Å². The average Bonchev–Trinajstić information content (AvgIpc) is 3.09. The fraction of sp³-hybridized carbons (Fsp3) is 0.158. The van der Waals surface area contributed by atoms with E-state index in [9.17, 15) is 13.2 Å². The Labute approximate surface area is 171 Å². The predicted molar refractivity (Wildman–Crippen MR) is 109 cm³/mol. The number of imidazole rings is 1. The largest absolute Gasteiger partial charge is 0.492 e. The smallest absolute Gasteiger partial charge is 0.265 e. The van der Waals surface area contributed by atoms with E-state index in [0.29, 0.717) is 28.2 Å². The van der Waals surface area contributed by atoms with Crippen LogP contribution in [0.25, 0.3) is 0 Å². The van der Waals surface area contributed by atoms with Crippen molar-refractivity contribution < 1.29 is 17.9 Å². The van der Waals surface area contributed by atoms with Gasteiger partial charge in [-0.1, -0.05) is 15.9 Å². The van der Waals surface area contributed by atoms with Crippen molar-refractivity contribution in [3.05, 3.63) is 70.7 Å². The summed E-state index contributed by atoms with van der Waals surface area (Å²) < 4.78 is 35.8. The van der Waals surface area contributed by atoms with Gasteiger partial charge < -0.3 is 9.30 Å². The first-order valence-electron chi connectivity index (χ1n) is 8.39. The topological polar surface area (TPSA) is 90.3 Å². The molecule has 9 heteroatoms. The molecule has 146 valence electrons. The quantitative estimate of drug-likeness (QED) is 0.540. The highest BCUT2D eigenvalue weighted by atomic mass is 79.9. The van der Waals surface area contributed by atoms with Gasteiger partial charge in [0.05, 0.1) is 6.61 Å². The molecule has 0 bridgehead atoms. The van der Waals surface area contributed by atoms with Crippen molar-refractivity contribution in [2.24, 2.45) is 7.05 Å². The lowest BCUT2D eigenvalue weighted by Crippen LogP contribution is -2.15. The van der Waals surface area contributed by atoms with E-state index in [2.05, 4.69) is 25.6 Å². The molecule has 3 aromatic rings. The van der Waals surface area contributed by atoms with E-state index >= 15 is 0 Å². The van der Waals surface area contributed by atoms with Gasteiger partial charge in [0.1, 0.15) is 10.6 Å². The molecule has 3 rings (SSSR count). The molecule has 0 radical (unpaired) electrons. The van der Waals surface area contributed by atoms with Crippen molar-refractivity contribution in [1.82, 2.24) is 9.55 Å². The normalized spacial score (nSPS) is 11.2. The molecule has 0 amide bonds. The third-order valence-electron chi connectivity index (χ3n) is 3.92. The maximum absolute atomic E-state index is 12.8. The predicted octanol–water partition coefficient (Wildman–Crippen LogP) is 3.61. The van der Waals surface area contributed by atoms with Crippen LogP contribution in [0.1, 0.15) is 23.1 Å². The van der Waals surface area contributed by atoms with Crippen LogP contribution in [-0.2, 0) is 17.1 Å². The molecule has 0 unspecified atom stereocenters. The van der Waals surface area contributed by atoms with Crippen molar-refractivity contribution in [2.45, 2.75) is 11.8 Å². The third-order valence-corrected chi connectivity index (χ3v) is 5.81. The molecule has 0 fully saturated rings. The Balaban J connectivity index is 1.85. The molecule has 0 saturated heterocycles. The number of sulfonamides is 1. The molecule has 0 saturated carbocycles. The van der Waals surface area contributed by atoms with Crippen LogP contribution >= 0.6 is 15.9 Å². The Hall–Kier alpha value is -2.65. The Kier molecular flexibility index (Phi) is 5.85. The first-order valence-corrected chi connectivity index (χ1v) is 10.7. The Morgan fingerprint density at radius 1 is 1.21 bits per heavy atom. The molecule has 1 heterocycles. The van der Waals surface area contributed by atoms with E-state index in [0.717, 1.165) is 0 Å². The summed E-state index contributed by atoms with van der Waals surface area (Å²) >= 11 is 3.28. The van der Waals surface area contributed by atoms with Crippen LogP contribution in [0.3, 0.4) is 0 Å². The molecule has 1 N–H and O–H groups in total. The van der Waals surface area contributed by atoms with Crippen molar-refractivity contribution in [1.29, 1.82) is 0 Å². The highest BCUT2D eigenvalue weighted by Crippen LogP contribution is 2.29. The van der Waals surface area contributed by atoms with Crippen LogP contribution in [0.5, 0.6) is 5.75 Å². The van der Waals surface area contributed by atoms with Crippen LogP contribution in [0.4, 0.5) is 5.69 Å². The number of halogens is 1. The number of nitrogens with zero attached hydrogens (tertiary/aromatic N) is 2. The fourth-order valence-corrected chi connectivity index (χ4v) is 4.32. The zero-order chi connectivity index (χ0) is 20.3. The monoisotopic (exact) mass is 463 g/mol. The van der Waals surface area contributed by atoms with Crippen LogP contribution in [0.2, 0.25) is 0 Å². The number of benzene rings is 2. The number of anilines is 1. The number of hydrogen-bond donors (Lipinski definition) is 1.